The van der Waals surface area contributed by atoms with Crippen LogP contribution in [0.5, 0.6) is 0 Å². The lowest BCUT2D eigenvalue weighted by Crippen LogP contribution is -2.39. The minimum Gasteiger partial charge on any atom is -0.381 e. The van der Waals surface area contributed by atoms with Crippen molar-refractivity contribution in [3.8, 4) is 6.07 Å². The molecule has 0 amide bonds. The number of allylic oxidation sites excluding steroid dienone is 1. The summed E-state index contributed by atoms with van der Waals surface area (Å²) >= 11 is 0. The second kappa shape index (κ2) is 7.25. The smallest absolute Gasteiger partial charge is 0.126 e. The van der Waals surface area contributed by atoms with E-state index in [1.54, 1.807) is 0 Å². The topological polar surface area (TPSA) is 60.7 Å². The first-order valence-corrected chi connectivity index (χ1v) is 9.11. The molecule has 4 nitrogen and oxygen atoms in total. The van der Waals surface area contributed by atoms with E-state index in [4.69, 9.17) is 0 Å². The van der Waals surface area contributed by atoms with Crippen molar-refractivity contribution >= 4 is 11.5 Å². The van der Waals surface area contributed by atoms with Crippen molar-refractivity contribution in [2.45, 2.75) is 58.0 Å². The maximum atomic E-state index is 9.47. The molecule has 2 saturated carbocycles. The first-order chi connectivity index (χ1) is 11.6. The molecule has 1 heterocycles. The zero-order valence-electron chi connectivity index (χ0n) is 14.8. The summed E-state index contributed by atoms with van der Waals surface area (Å²) in [6.07, 6.45) is 7.70. The highest BCUT2D eigenvalue weighted by molar-refractivity contribution is 5.48. The molecular weight excluding hydrogens is 296 g/mol. The monoisotopic (exact) mass is 324 g/mol. The third-order valence-corrected chi connectivity index (χ3v) is 5.78. The molecule has 0 saturated heterocycles. The second-order valence-electron chi connectivity index (χ2n) is 7.56. The van der Waals surface area contributed by atoms with E-state index in [0.29, 0.717) is 17.9 Å². The Morgan fingerprint density at radius 1 is 1.29 bits per heavy atom. The lowest BCUT2D eigenvalue weighted by molar-refractivity contribution is 0.237. The summed E-state index contributed by atoms with van der Waals surface area (Å²) in [7, 11) is 0. The maximum absolute atomic E-state index is 9.47. The highest BCUT2D eigenvalue weighted by atomic mass is 15.0. The largest absolute Gasteiger partial charge is 0.381 e. The van der Waals surface area contributed by atoms with Gasteiger partial charge in [-0.25, -0.2) is 4.98 Å². The van der Waals surface area contributed by atoms with Crippen molar-refractivity contribution in [1.82, 2.24) is 4.98 Å². The van der Waals surface area contributed by atoms with Gasteiger partial charge in [0.25, 0.3) is 0 Å². The average molecular weight is 324 g/mol. The van der Waals surface area contributed by atoms with Crippen LogP contribution >= 0.6 is 0 Å². The molecule has 0 bridgehead atoms. The van der Waals surface area contributed by atoms with Gasteiger partial charge in [0.1, 0.15) is 5.82 Å². The quantitative estimate of drug-likeness (QED) is 0.778. The molecule has 2 fully saturated rings. The van der Waals surface area contributed by atoms with Crippen LogP contribution in [-0.4, -0.2) is 17.1 Å². The molecule has 1 aromatic rings. The summed E-state index contributed by atoms with van der Waals surface area (Å²) in [5.41, 5.74) is 2.22. The van der Waals surface area contributed by atoms with Gasteiger partial charge in [-0.05, 0) is 63.0 Å². The van der Waals surface area contributed by atoms with E-state index >= 15 is 0 Å². The summed E-state index contributed by atoms with van der Waals surface area (Å²) in [6.45, 7) is 8.37. The van der Waals surface area contributed by atoms with Crippen LogP contribution in [0.1, 0.15) is 46.0 Å². The first-order valence-electron chi connectivity index (χ1n) is 9.11. The molecule has 0 spiro atoms. The molecule has 4 heteroatoms. The summed E-state index contributed by atoms with van der Waals surface area (Å²) < 4.78 is 0. The van der Waals surface area contributed by atoms with Crippen LogP contribution < -0.4 is 10.6 Å². The van der Waals surface area contributed by atoms with E-state index in [9.17, 15) is 5.26 Å². The minimum atomic E-state index is 0.0884. The number of aromatic nitrogens is 1. The normalized spacial score (nSPS) is 30.0. The van der Waals surface area contributed by atoms with Gasteiger partial charge in [-0.3, -0.25) is 0 Å². The third-order valence-electron chi connectivity index (χ3n) is 5.78. The van der Waals surface area contributed by atoms with Gasteiger partial charge >= 0.3 is 0 Å². The van der Waals surface area contributed by atoms with Crippen LogP contribution in [0, 0.1) is 29.1 Å². The molecule has 2 N–H and O–H groups in total. The maximum Gasteiger partial charge on any atom is 0.126 e. The molecular formula is C20H28N4. The number of pyridine rings is 1. The molecule has 2 aliphatic carbocycles. The minimum absolute atomic E-state index is 0.0884. The Labute approximate surface area is 145 Å². The average Bonchev–Trinajstić information content (AvgIpc) is 2.54. The van der Waals surface area contributed by atoms with E-state index in [1.807, 2.05) is 12.3 Å². The van der Waals surface area contributed by atoms with Gasteiger partial charge in [0.2, 0.25) is 0 Å². The van der Waals surface area contributed by atoms with E-state index in [1.165, 1.54) is 24.8 Å². The van der Waals surface area contributed by atoms with E-state index in [2.05, 4.69) is 48.2 Å². The fourth-order valence-electron chi connectivity index (χ4n) is 3.72. The van der Waals surface area contributed by atoms with Crippen molar-refractivity contribution in [1.29, 1.82) is 5.26 Å². The van der Waals surface area contributed by atoms with Crippen molar-refractivity contribution in [2.75, 3.05) is 10.6 Å². The predicted octanol–water partition coefficient (Wildman–Crippen LogP) is 4.59. The van der Waals surface area contributed by atoms with Crippen LogP contribution in [0.4, 0.5) is 11.5 Å². The summed E-state index contributed by atoms with van der Waals surface area (Å²) in [4.78, 5) is 4.53. The second-order valence-corrected chi connectivity index (χ2v) is 7.56. The standard InChI is InChI=1S/C20H28N4/c1-13(2)15-9-16(11-21)14(3)19(10-15)23-18-7-8-20(22-12-18)24-17-5-4-6-17/h7-8,12,14-17,19,23H,1,4-6,9-10H2,2-3H3,(H,22,24)/t14?,15-,16?,19?/m1/s1. The number of nitrogens with zero attached hydrogens (tertiary/aromatic N) is 2. The Morgan fingerprint density at radius 3 is 2.62 bits per heavy atom. The number of rotatable bonds is 5. The van der Waals surface area contributed by atoms with Gasteiger partial charge in [0, 0.05) is 12.1 Å². The fourth-order valence-corrected chi connectivity index (χ4v) is 3.72. The summed E-state index contributed by atoms with van der Waals surface area (Å²) in [5, 5.41) is 16.5. The van der Waals surface area contributed by atoms with Crippen LogP contribution in [0.3, 0.4) is 0 Å². The summed E-state index contributed by atoms with van der Waals surface area (Å²) in [5.74, 6) is 1.80. The zero-order valence-corrected chi connectivity index (χ0v) is 14.8. The lowest BCUT2D eigenvalue weighted by Gasteiger charge is -2.38. The highest BCUT2D eigenvalue weighted by Gasteiger charge is 2.35. The Hall–Kier alpha value is -2.02. The molecule has 2 aliphatic rings. The molecule has 4 atom stereocenters. The Morgan fingerprint density at radius 2 is 2.08 bits per heavy atom. The lowest BCUT2D eigenvalue weighted by atomic mass is 9.70. The van der Waals surface area contributed by atoms with Crippen molar-refractivity contribution in [3.05, 3.63) is 30.5 Å². The number of nitriles is 1. The van der Waals surface area contributed by atoms with E-state index < -0.39 is 0 Å². The van der Waals surface area contributed by atoms with Crippen LogP contribution in [0.2, 0.25) is 0 Å². The van der Waals surface area contributed by atoms with Crippen molar-refractivity contribution in [2.24, 2.45) is 17.8 Å². The predicted molar refractivity (Wildman–Crippen MR) is 98.7 cm³/mol. The number of hydrogen-bond acceptors (Lipinski definition) is 4. The van der Waals surface area contributed by atoms with Crippen LogP contribution in [-0.2, 0) is 0 Å². The molecule has 0 aromatic carbocycles. The van der Waals surface area contributed by atoms with Gasteiger partial charge in [-0.15, -0.1) is 0 Å². The molecule has 128 valence electrons. The van der Waals surface area contributed by atoms with Gasteiger partial charge in [0.05, 0.1) is 23.9 Å². The first kappa shape index (κ1) is 16.8. The molecule has 24 heavy (non-hydrogen) atoms. The number of hydrogen-bond donors (Lipinski definition) is 2. The molecule has 0 aliphatic heterocycles. The third kappa shape index (κ3) is 3.72. The number of anilines is 2. The summed E-state index contributed by atoms with van der Waals surface area (Å²) in [6, 6.07) is 7.52. The van der Waals surface area contributed by atoms with Crippen LogP contribution in [0.15, 0.2) is 30.5 Å². The Kier molecular flexibility index (Phi) is 5.08. The van der Waals surface area contributed by atoms with Gasteiger partial charge in [0.15, 0.2) is 0 Å². The van der Waals surface area contributed by atoms with Gasteiger partial charge in [-0.2, -0.15) is 5.26 Å². The van der Waals surface area contributed by atoms with E-state index in [0.717, 1.165) is 24.3 Å². The zero-order chi connectivity index (χ0) is 17.1. The van der Waals surface area contributed by atoms with Gasteiger partial charge in [-0.1, -0.05) is 19.1 Å². The SMILES string of the molecule is C=C(C)[C@@H]1CC(C#N)C(C)C(Nc2ccc(NC3CCC3)nc2)C1. The van der Waals surface area contributed by atoms with Gasteiger partial charge < -0.3 is 10.6 Å². The van der Waals surface area contributed by atoms with Crippen LogP contribution in [0.25, 0.3) is 0 Å². The highest BCUT2D eigenvalue weighted by Crippen LogP contribution is 2.38. The Bertz CT molecular complexity index is 612. The fraction of sp³-hybridized carbons (Fsp3) is 0.600. The molecule has 0 radical (unpaired) electrons. The molecule has 1 aromatic heterocycles. The Balaban J connectivity index is 1.64. The van der Waals surface area contributed by atoms with Crippen molar-refractivity contribution < 1.29 is 0 Å². The molecule has 3 unspecified atom stereocenters. The van der Waals surface area contributed by atoms with Crippen molar-refractivity contribution in [3.63, 3.8) is 0 Å². The number of nitrogens with one attached hydrogen (secondary N) is 2. The van der Waals surface area contributed by atoms with E-state index in [-0.39, 0.29) is 12.0 Å². The molecule has 3 rings (SSSR count).